The highest BCUT2D eigenvalue weighted by atomic mass is 19.1. The van der Waals surface area contributed by atoms with Gasteiger partial charge in [-0.15, -0.1) is 0 Å². The summed E-state index contributed by atoms with van der Waals surface area (Å²) >= 11 is 0. The first-order chi connectivity index (χ1) is 8.22. The molecular formula is C15H16FN. The first-order valence-corrected chi connectivity index (χ1v) is 5.81. The molecule has 0 saturated carbocycles. The number of nitrogens with two attached hydrogens (primary N) is 1. The number of aryl methyl sites for hydroxylation is 1. The summed E-state index contributed by atoms with van der Waals surface area (Å²) in [6.07, 6.45) is 0.930. The quantitative estimate of drug-likeness (QED) is 0.857. The largest absolute Gasteiger partial charge is 0.320 e. The van der Waals surface area contributed by atoms with E-state index in [2.05, 4.69) is 13.0 Å². The molecule has 1 unspecified atom stereocenters. The standard InChI is InChI=1S/C15H16FN/c1-2-11-6-3-4-9-14(11)15(17)12-7-5-8-13(16)10-12/h3-10,15H,2,17H2,1H3. The van der Waals surface area contributed by atoms with E-state index in [1.807, 2.05) is 24.3 Å². The minimum absolute atomic E-state index is 0.244. The average Bonchev–Trinajstić information content (AvgIpc) is 2.38. The molecule has 0 saturated heterocycles. The van der Waals surface area contributed by atoms with Gasteiger partial charge in [0.15, 0.2) is 0 Å². The maximum absolute atomic E-state index is 13.2. The van der Waals surface area contributed by atoms with Crippen molar-refractivity contribution in [3.8, 4) is 0 Å². The predicted octanol–water partition coefficient (Wildman–Crippen LogP) is 3.44. The van der Waals surface area contributed by atoms with Crippen LogP contribution in [0.1, 0.15) is 29.7 Å². The zero-order valence-corrected chi connectivity index (χ0v) is 9.86. The maximum atomic E-state index is 13.2. The molecule has 2 aromatic rings. The van der Waals surface area contributed by atoms with Crippen LogP contribution in [0, 0.1) is 5.82 Å². The van der Waals surface area contributed by atoms with E-state index in [0.29, 0.717) is 0 Å². The topological polar surface area (TPSA) is 26.0 Å². The van der Waals surface area contributed by atoms with Crippen LogP contribution in [-0.4, -0.2) is 0 Å². The molecule has 2 heteroatoms. The molecule has 0 aliphatic heterocycles. The molecule has 17 heavy (non-hydrogen) atoms. The van der Waals surface area contributed by atoms with Gasteiger partial charge in [0.25, 0.3) is 0 Å². The number of hydrogen-bond donors (Lipinski definition) is 1. The molecular weight excluding hydrogens is 213 g/mol. The first-order valence-electron chi connectivity index (χ1n) is 5.81. The second-order valence-electron chi connectivity index (χ2n) is 4.09. The Labute approximate surface area is 101 Å². The van der Waals surface area contributed by atoms with Crippen molar-refractivity contribution in [3.63, 3.8) is 0 Å². The Morgan fingerprint density at radius 2 is 1.88 bits per heavy atom. The Morgan fingerprint density at radius 1 is 1.12 bits per heavy atom. The maximum Gasteiger partial charge on any atom is 0.123 e. The van der Waals surface area contributed by atoms with Crippen molar-refractivity contribution in [2.75, 3.05) is 0 Å². The molecule has 88 valence electrons. The van der Waals surface area contributed by atoms with Gasteiger partial charge in [0.05, 0.1) is 6.04 Å². The molecule has 0 spiro atoms. The molecule has 0 heterocycles. The molecule has 0 amide bonds. The van der Waals surface area contributed by atoms with Crippen LogP contribution in [0.4, 0.5) is 4.39 Å². The van der Waals surface area contributed by atoms with E-state index in [0.717, 1.165) is 17.5 Å². The van der Waals surface area contributed by atoms with Gasteiger partial charge >= 0.3 is 0 Å². The number of halogens is 1. The molecule has 0 aliphatic carbocycles. The smallest absolute Gasteiger partial charge is 0.123 e. The Morgan fingerprint density at radius 3 is 2.59 bits per heavy atom. The zero-order chi connectivity index (χ0) is 12.3. The van der Waals surface area contributed by atoms with E-state index in [-0.39, 0.29) is 11.9 Å². The molecule has 0 fully saturated rings. The number of benzene rings is 2. The number of rotatable bonds is 3. The minimum atomic E-state index is -0.262. The summed E-state index contributed by atoms with van der Waals surface area (Å²) in [6, 6.07) is 14.3. The van der Waals surface area contributed by atoms with Gasteiger partial charge in [-0.25, -0.2) is 4.39 Å². The van der Waals surface area contributed by atoms with Gasteiger partial charge in [-0.1, -0.05) is 43.3 Å². The second kappa shape index (κ2) is 5.11. The second-order valence-corrected chi connectivity index (χ2v) is 4.09. The van der Waals surface area contributed by atoms with Crippen LogP contribution in [0.3, 0.4) is 0 Å². The summed E-state index contributed by atoms with van der Waals surface area (Å²) in [4.78, 5) is 0. The predicted molar refractivity (Wildman–Crippen MR) is 68.3 cm³/mol. The van der Waals surface area contributed by atoms with E-state index in [9.17, 15) is 4.39 Å². The fraction of sp³-hybridized carbons (Fsp3) is 0.200. The highest BCUT2D eigenvalue weighted by Gasteiger charge is 2.12. The van der Waals surface area contributed by atoms with Crippen molar-refractivity contribution in [2.45, 2.75) is 19.4 Å². The van der Waals surface area contributed by atoms with Crippen LogP contribution >= 0.6 is 0 Å². The normalized spacial score (nSPS) is 12.4. The fourth-order valence-corrected chi connectivity index (χ4v) is 2.04. The monoisotopic (exact) mass is 229 g/mol. The van der Waals surface area contributed by atoms with Crippen LogP contribution in [0.25, 0.3) is 0 Å². The lowest BCUT2D eigenvalue weighted by Crippen LogP contribution is -2.14. The van der Waals surface area contributed by atoms with E-state index < -0.39 is 0 Å². The molecule has 0 aliphatic rings. The Balaban J connectivity index is 2.40. The van der Waals surface area contributed by atoms with Crippen molar-refractivity contribution >= 4 is 0 Å². The molecule has 0 radical (unpaired) electrons. The van der Waals surface area contributed by atoms with Gasteiger partial charge in [-0.2, -0.15) is 0 Å². The third-order valence-electron chi connectivity index (χ3n) is 2.98. The molecule has 1 atom stereocenters. The summed E-state index contributed by atoms with van der Waals surface area (Å²) in [7, 11) is 0. The van der Waals surface area contributed by atoms with Crippen LogP contribution in [-0.2, 0) is 6.42 Å². The Kier molecular flexibility index (Phi) is 3.55. The highest BCUT2D eigenvalue weighted by molar-refractivity contribution is 5.37. The SMILES string of the molecule is CCc1ccccc1C(N)c1cccc(F)c1. The van der Waals surface area contributed by atoms with Gasteiger partial charge in [0.2, 0.25) is 0 Å². The minimum Gasteiger partial charge on any atom is -0.320 e. The van der Waals surface area contributed by atoms with E-state index >= 15 is 0 Å². The van der Waals surface area contributed by atoms with Crippen LogP contribution in [0.2, 0.25) is 0 Å². The van der Waals surface area contributed by atoms with Crippen molar-refractivity contribution < 1.29 is 4.39 Å². The van der Waals surface area contributed by atoms with E-state index in [4.69, 9.17) is 5.73 Å². The Hall–Kier alpha value is -1.67. The molecule has 0 aromatic heterocycles. The molecule has 2 aromatic carbocycles. The van der Waals surface area contributed by atoms with Gasteiger partial charge in [0.1, 0.15) is 5.82 Å². The summed E-state index contributed by atoms with van der Waals surface area (Å²) in [5, 5.41) is 0. The number of hydrogen-bond acceptors (Lipinski definition) is 1. The van der Waals surface area contributed by atoms with Gasteiger partial charge in [-0.05, 0) is 35.2 Å². The van der Waals surface area contributed by atoms with E-state index in [1.165, 1.54) is 17.7 Å². The van der Waals surface area contributed by atoms with Gasteiger partial charge < -0.3 is 5.73 Å². The van der Waals surface area contributed by atoms with Crippen molar-refractivity contribution in [2.24, 2.45) is 5.73 Å². The third kappa shape index (κ3) is 2.53. The summed E-state index contributed by atoms with van der Waals surface area (Å²) in [6.45, 7) is 2.09. The summed E-state index contributed by atoms with van der Waals surface area (Å²) < 4.78 is 13.2. The lowest BCUT2D eigenvalue weighted by molar-refractivity contribution is 0.623. The van der Waals surface area contributed by atoms with Crippen molar-refractivity contribution in [1.29, 1.82) is 0 Å². The average molecular weight is 229 g/mol. The molecule has 2 N–H and O–H groups in total. The highest BCUT2D eigenvalue weighted by Crippen LogP contribution is 2.23. The Bertz CT molecular complexity index is 508. The lowest BCUT2D eigenvalue weighted by atomic mass is 9.94. The van der Waals surface area contributed by atoms with Gasteiger partial charge in [0, 0.05) is 0 Å². The molecule has 1 nitrogen and oxygen atoms in total. The first kappa shape index (κ1) is 11.8. The van der Waals surface area contributed by atoms with Crippen LogP contribution in [0.15, 0.2) is 48.5 Å². The summed E-state index contributed by atoms with van der Waals surface area (Å²) in [5.74, 6) is -0.244. The fourth-order valence-electron chi connectivity index (χ4n) is 2.04. The lowest BCUT2D eigenvalue weighted by Gasteiger charge is -2.16. The van der Waals surface area contributed by atoms with E-state index in [1.54, 1.807) is 6.07 Å². The zero-order valence-electron chi connectivity index (χ0n) is 9.86. The van der Waals surface area contributed by atoms with Gasteiger partial charge in [-0.3, -0.25) is 0 Å². The summed E-state index contributed by atoms with van der Waals surface area (Å²) in [5.41, 5.74) is 9.29. The molecule has 2 rings (SSSR count). The van der Waals surface area contributed by atoms with Crippen LogP contribution < -0.4 is 5.73 Å². The molecule has 0 bridgehead atoms. The third-order valence-corrected chi connectivity index (χ3v) is 2.98. The van der Waals surface area contributed by atoms with Crippen molar-refractivity contribution in [3.05, 3.63) is 71.0 Å². The van der Waals surface area contributed by atoms with Crippen molar-refractivity contribution in [1.82, 2.24) is 0 Å². The van der Waals surface area contributed by atoms with Crippen LogP contribution in [0.5, 0.6) is 0 Å².